The maximum atomic E-state index is 11.4. The average molecular weight is 190 g/mol. The molecule has 0 radical (unpaired) electrons. The first-order valence-electron chi connectivity index (χ1n) is 4.50. The van der Waals surface area contributed by atoms with E-state index in [-0.39, 0.29) is 5.91 Å². The van der Waals surface area contributed by atoms with Crippen LogP contribution in [-0.4, -0.2) is 29.3 Å². The molecule has 0 spiro atoms. The second-order valence-corrected chi connectivity index (χ2v) is 4.05. The Balaban J connectivity index is 2.46. The molecule has 0 aliphatic carbocycles. The summed E-state index contributed by atoms with van der Waals surface area (Å²) in [6.07, 6.45) is 1.62. The van der Waals surface area contributed by atoms with Gasteiger partial charge in [-0.05, 0) is 19.3 Å². The number of likely N-dealkylation sites (tertiary alicyclic amines) is 1. The van der Waals surface area contributed by atoms with Gasteiger partial charge in [0, 0.05) is 24.9 Å². The zero-order valence-electron chi connectivity index (χ0n) is 7.72. The Morgan fingerprint density at radius 1 is 1.58 bits per heavy atom. The van der Waals surface area contributed by atoms with Crippen LogP contribution in [0.4, 0.5) is 0 Å². The molecule has 3 heteroatoms. The SMILES string of the molecule is CC1CC(C)N(C(=O)CCCl)C1. The molecule has 1 saturated heterocycles. The third-order valence-corrected chi connectivity index (χ3v) is 2.60. The molecular formula is C9H16ClNO. The second-order valence-electron chi connectivity index (χ2n) is 3.67. The lowest BCUT2D eigenvalue weighted by atomic mass is 10.1. The molecule has 0 N–H and O–H groups in total. The summed E-state index contributed by atoms with van der Waals surface area (Å²) in [6, 6.07) is 0.413. The Labute approximate surface area is 78.9 Å². The molecule has 1 aliphatic heterocycles. The molecule has 0 saturated carbocycles. The van der Waals surface area contributed by atoms with Crippen LogP contribution in [0.3, 0.4) is 0 Å². The van der Waals surface area contributed by atoms with E-state index in [4.69, 9.17) is 11.6 Å². The quantitative estimate of drug-likeness (QED) is 0.608. The van der Waals surface area contributed by atoms with Crippen molar-refractivity contribution in [2.45, 2.75) is 32.7 Å². The molecule has 1 heterocycles. The topological polar surface area (TPSA) is 20.3 Å². The van der Waals surface area contributed by atoms with Gasteiger partial charge >= 0.3 is 0 Å². The molecule has 70 valence electrons. The molecule has 2 unspecified atom stereocenters. The standard InChI is InChI=1S/C9H16ClNO/c1-7-5-8(2)11(6-7)9(12)3-4-10/h7-8H,3-6H2,1-2H3. The summed E-state index contributed by atoms with van der Waals surface area (Å²) in [6.45, 7) is 5.21. The lowest BCUT2D eigenvalue weighted by molar-refractivity contribution is -0.131. The van der Waals surface area contributed by atoms with E-state index in [1.807, 2.05) is 4.90 Å². The smallest absolute Gasteiger partial charge is 0.224 e. The highest BCUT2D eigenvalue weighted by Gasteiger charge is 2.28. The Bertz CT molecular complexity index is 172. The molecule has 0 aromatic carbocycles. The summed E-state index contributed by atoms with van der Waals surface area (Å²) in [4.78, 5) is 13.4. The van der Waals surface area contributed by atoms with Gasteiger partial charge < -0.3 is 4.90 Å². The van der Waals surface area contributed by atoms with E-state index in [2.05, 4.69) is 13.8 Å². The van der Waals surface area contributed by atoms with Gasteiger partial charge in [0.15, 0.2) is 0 Å². The van der Waals surface area contributed by atoms with Crippen LogP contribution in [-0.2, 0) is 4.79 Å². The van der Waals surface area contributed by atoms with Gasteiger partial charge in [-0.25, -0.2) is 0 Å². The first-order chi connectivity index (χ1) is 5.65. The van der Waals surface area contributed by atoms with E-state index in [9.17, 15) is 4.79 Å². The van der Waals surface area contributed by atoms with Crippen molar-refractivity contribution in [2.24, 2.45) is 5.92 Å². The highest BCUT2D eigenvalue weighted by Crippen LogP contribution is 2.22. The number of hydrogen-bond donors (Lipinski definition) is 0. The Hall–Kier alpha value is -0.240. The zero-order valence-corrected chi connectivity index (χ0v) is 8.47. The first kappa shape index (κ1) is 9.85. The molecule has 2 atom stereocenters. The van der Waals surface area contributed by atoms with E-state index >= 15 is 0 Å². The fraction of sp³-hybridized carbons (Fsp3) is 0.889. The summed E-state index contributed by atoms with van der Waals surface area (Å²) < 4.78 is 0. The van der Waals surface area contributed by atoms with Crippen LogP contribution in [0.2, 0.25) is 0 Å². The third kappa shape index (κ3) is 2.13. The van der Waals surface area contributed by atoms with Crippen molar-refractivity contribution in [2.75, 3.05) is 12.4 Å². The minimum atomic E-state index is 0.210. The van der Waals surface area contributed by atoms with Gasteiger partial charge in [0.25, 0.3) is 0 Å². The second kappa shape index (κ2) is 4.13. The summed E-state index contributed by atoms with van der Waals surface area (Å²) in [7, 11) is 0. The van der Waals surface area contributed by atoms with Gasteiger partial charge in [0.2, 0.25) is 5.91 Å². The van der Waals surface area contributed by atoms with Crippen LogP contribution in [0.25, 0.3) is 0 Å². The Kier molecular flexibility index (Phi) is 3.39. The predicted octanol–water partition coefficient (Wildman–Crippen LogP) is 1.87. The normalized spacial score (nSPS) is 29.4. The Morgan fingerprint density at radius 2 is 2.25 bits per heavy atom. The highest BCUT2D eigenvalue weighted by atomic mass is 35.5. The zero-order chi connectivity index (χ0) is 9.14. The lowest BCUT2D eigenvalue weighted by Crippen LogP contribution is -2.33. The number of nitrogens with zero attached hydrogens (tertiary/aromatic N) is 1. The number of carbonyl (C=O) groups excluding carboxylic acids is 1. The van der Waals surface area contributed by atoms with E-state index < -0.39 is 0 Å². The maximum Gasteiger partial charge on any atom is 0.224 e. The van der Waals surface area contributed by atoms with E-state index in [0.717, 1.165) is 13.0 Å². The first-order valence-corrected chi connectivity index (χ1v) is 5.04. The number of rotatable bonds is 2. The van der Waals surface area contributed by atoms with Crippen molar-refractivity contribution in [1.29, 1.82) is 0 Å². The number of carbonyl (C=O) groups is 1. The summed E-state index contributed by atoms with van der Waals surface area (Å²) in [5, 5.41) is 0. The molecular weight excluding hydrogens is 174 g/mol. The van der Waals surface area contributed by atoms with E-state index in [1.165, 1.54) is 0 Å². The monoisotopic (exact) mass is 189 g/mol. The van der Waals surface area contributed by atoms with Crippen LogP contribution in [0.5, 0.6) is 0 Å². The fourth-order valence-corrected chi connectivity index (χ4v) is 2.03. The van der Waals surface area contributed by atoms with Gasteiger partial charge in [0.05, 0.1) is 0 Å². The number of halogens is 1. The van der Waals surface area contributed by atoms with Gasteiger partial charge in [-0.1, -0.05) is 6.92 Å². The van der Waals surface area contributed by atoms with Crippen molar-refractivity contribution in [3.05, 3.63) is 0 Å². The minimum Gasteiger partial charge on any atom is -0.340 e. The molecule has 2 nitrogen and oxygen atoms in total. The van der Waals surface area contributed by atoms with Crippen molar-refractivity contribution in [3.8, 4) is 0 Å². The van der Waals surface area contributed by atoms with Crippen LogP contribution in [0, 0.1) is 5.92 Å². The molecule has 1 aliphatic rings. The van der Waals surface area contributed by atoms with Crippen LogP contribution in [0.15, 0.2) is 0 Å². The fourth-order valence-electron chi connectivity index (χ4n) is 1.87. The Morgan fingerprint density at radius 3 is 2.67 bits per heavy atom. The van der Waals surface area contributed by atoms with Gasteiger partial charge in [-0.2, -0.15) is 0 Å². The van der Waals surface area contributed by atoms with Gasteiger partial charge in [-0.3, -0.25) is 4.79 Å². The molecule has 0 aromatic rings. The molecule has 1 rings (SSSR count). The van der Waals surface area contributed by atoms with Crippen LogP contribution in [0.1, 0.15) is 26.7 Å². The summed E-state index contributed by atoms with van der Waals surface area (Å²) in [5.74, 6) is 1.30. The minimum absolute atomic E-state index is 0.210. The van der Waals surface area contributed by atoms with Gasteiger partial charge in [0.1, 0.15) is 0 Å². The molecule has 0 aromatic heterocycles. The molecule has 1 fully saturated rings. The van der Waals surface area contributed by atoms with Crippen LogP contribution >= 0.6 is 11.6 Å². The number of alkyl halides is 1. The average Bonchev–Trinajstić information content (AvgIpc) is 2.30. The summed E-state index contributed by atoms with van der Waals surface area (Å²) in [5.41, 5.74) is 0. The molecule has 1 amide bonds. The summed E-state index contributed by atoms with van der Waals surface area (Å²) >= 11 is 5.51. The lowest BCUT2D eigenvalue weighted by Gasteiger charge is -2.20. The van der Waals surface area contributed by atoms with Crippen molar-refractivity contribution in [1.82, 2.24) is 4.90 Å². The maximum absolute atomic E-state index is 11.4. The predicted molar refractivity (Wildman–Crippen MR) is 50.3 cm³/mol. The molecule has 12 heavy (non-hydrogen) atoms. The number of hydrogen-bond acceptors (Lipinski definition) is 1. The van der Waals surface area contributed by atoms with E-state index in [1.54, 1.807) is 0 Å². The third-order valence-electron chi connectivity index (χ3n) is 2.41. The number of amides is 1. The van der Waals surface area contributed by atoms with Crippen molar-refractivity contribution >= 4 is 17.5 Å². The highest BCUT2D eigenvalue weighted by molar-refractivity contribution is 6.18. The largest absolute Gasteiger partial charge is 0.340 e. The van der Waals surface area contributed by atoms with Crippen LogP contribution < -0.4 is 0 Å². The van der Waals surface area contributed by atoms with E-state index in [0.29, 0.717) is 24.3 Å². The van der Waals surface area contributed by atoms with Gasteiger partial charge in [-0.15, -0.1) is 11.6 Å². The van der Waals surface area contributed by atoms with Crippen molar-refractivity contribution < 1.29 is 4.79 Å². The molecule has 0 bridgehead atoms. The van der Waals surface area contributed by atoms with Crippen molar-refractivity contribution in [3.63, 3.8) is 0 Å².